The van der Waals surface area contributed by atoms with Crippen LogP contribution in [0.1, 0.15) is 27.2 Å². The monoisotopic (exact) mass is 164 g/mol. The maximum Gasteiger partial charge on any atom is 0.303 e. The third kappa shape index (κ3) is 26.6. The second-order valence-corrected chi connectivity index (χ2v) is 1.56. The largest absolute Gasteiger partial charge is 0.481 e. The normalized spacial score (nSPS) is 8.27. The third-order valence-corrected chi connectivity index (χ3v) is 0.621. The Bertz CT molecular complexity index is 78.5. The molecule has 0 spiro atoms. The van der Waals surface area contributed by atoms with Gasteiger partial charge in [-0.1, -0.05) is 6.92 Å². The summed E-state index contributed by atoms with van der Waals surface area (Å²) >= 11 is 0. The standard InChI is InChI=1S/C4H10O2.C3H6O2/c1-3-5-6-4-2;1-2-3(4)5/h3-4H2,1-2H3;2H2,1H3,(H,4,5). The summed E-state index contributed by atoms with van der Waals surface area (Å²) < 4.78 is 0. The Balaban J connectivity index is 0. The van der Waals surface area contributed by atoms with E-state index in [0.29, 0.717) is 13.2 Å². The minimum Gasteiger partial charge on any atom is -0.481 e. The summed E-state index contributed by atoms with van der Waals surface area (Å²) in [4.78, 5) is 18.3. The molecule has 0 aliphatic heterocycles. The summed E-state index contributed by atoms with van der Waals surface area (Å²) in [6.45, 7) is 6.63. The van der Waals surface area contributed by atoms with Crippen molar-refractivity contribution in [2.75, 3.05) is 13.2 Å². The molecular weight excluding hydrogens is 148 g/mol. The van der Waals surface area contributed by atoms with Crippen LogP contribution in [0.4, 0.5) is 0 Å². The van der Waals surface area contributed by atoms with Crippen molar-refractivity contribution in [2.45, 2.75) is 27.2 Å². The van der Waals surface area contributed by atoms with Gasteiger partial charge in [-0.3, -0.25) is 4.79 Å². The van der Waals surface area contributed by atoms with Gasteiger partial charge in [0.1, 0.15) is 0 Å². The van der Waals surface area contributed by atoms with Crippen LogP contribution in [-0.2, 0) is 14.6 Å². The van der Waals surface area contributed by atoms with Crippen LogP contribution in [-0.4, -0.2) is 24.3 Å². The lowest BCUT2D eigenvalue weighted by Gasteiger charge is -1.92. The average molecular weight is 164 g/mol. The van der Waals surface area contributed by atoms with E-state index < -0.39 is 5.97 Å². The number of rotatable bonds is 4. The first-order valence-electron chi connectivity index (χ1n) is 3.65. The SMILES string of the molecule is CCC(=O)O.CCOOCC. The lowest BCUT2D eigenvalue weighted by atomic mass is 10.5. The molecule has 0 bridgehead atoms. The Morgan fingerprint density at radius 1 is 1.18 bits per heavy atom. The van der Waals surface area contributed by atoms with E-state index in [2.05, 4.69) is 9.78 Å². The lowest BCUT2D eigenvalue weighted by molar-refractivity contribution is -0.287. The van der Waals surface area contributed by atoms with Gasteiger partial charge in [-0.2, -0.15) is 0 Å². The van der Waals surface area contributed by atoms with Gasteiger partial charge in [0.2, 0.25) is 0 Å². The van der Waals surface area contributed by atoms with E-state index in [1.165, 1.54) is 0 Å². The van der Waals surface area contributed by atoms with Crippen LogP contribution < -0.4 is 0 Å². The summed E-state index contributed by atoms with van der Waals surface area (Å²) in [5.74, 6) is -0.745. The summed E-state index contributed by atoms with van der Waals surface area (Å²) in [5, 5.41) is 7.72. The molecule has 0 fully saturated rings. The number of hydrogen-bond donors (Lipinski definition) is 1. The number of hydrogen-bond acceptors (Lipinski definition) is 3. The zero-order valence-electron chi connectivity index (χ0n) is 7.29. The molecule has 0 amide bonds. The molecule has 11 heavy (non-hydrogen) atoms. The smallest absolute Gasteiger partial charge is 0.303 e. The van der Waals surface area contributed by atoms with Gasteiger partial charge in [-0.15, -0.1) is 0 Å². The molecule has 0 aromatic carbocycles. The predicted octanol–water partition coefficient (Wildman–Crippen LogP) is 1.46. The number of carboxylic acid groups (broad SMARTS) is 1. The van der Waals surface area contributed by atoms with Gasteiger partial charge in [0, 0.05) is 6.42 Å². The summed E-state index contributed by atoms with van der Waals surface area (Å²) in [6, 6.07) is 0. The van der Waals surface area contributed by atoms with E-state index in [-0.39, 0.29) is 6.42 Å². The van der Waals surface area contributed by atoms with Crippen molar-refractivity contribution in [3.8, 4) is 0 Å². The molecule has 0 aliphatic carbocycles. The highest BCUT2D eigenvalue weighted by molar-refractivity contribution is 5.66. The molecule has 0 rings (SSSR count). The maximum atomic E-state index is 9.37. The highest BCUT2D eigenvalue weighted by Gasteiger charge is 1.80. The molecule has 0 aromatic rings. The van der Waals surface area contributed by atoms with Crippen LogP contribution in [0.5, 0.6) is 0 Å². The van der Waals surface area contributed by atoms with Crippen LogP contribution in [0, 0.1) is 0 Å². The first kappa shape index (κ1) is 13.0. The Labute approximate surface area is 67.0 Å². The van der Waals surface area contributed by atoms with Gasteiger partial charge < -0.3 is 5.11 Å². The third-order valence-electron chi connectivity index (χ3n) is 0.621. The van der Waals surface area contributed by atoms with Gasteiger partial charge in [0.15, 0.2) is 0 Å². The molecule has 0 heterocycles. The molecule has 0 saturated carbocycles. The van der Waals surface area contributed by atoms with E-state index in [1.54, 1.807) is 6.92 Å². The van der Waals surface area contributed by atoms with E-state index >= 15 is 0 Å². The van der Waals surface area contributed by atoms with Crippen molar-refractivity contribution >= 4 is 5.97 Å². The van der Waals surface area contributed by atoms with Gasteiger partial charge >= 0.3 is 5.97 Å². The summed E-state index contributed by atoms with van der Waals surface area (Å²) in [7, 11) is 0. The molecule has 1 N–H and O–H groups in total. The van der Waals surface area contributed by atoms with Crippen LogP contribution in [0.2, 0.25) is 0 Å². The molecule has 4 heteroatoms. The maximum absolute atomic E-state index is 9.37. The lowest BCUT2D eigenvalue weighted by Crippen LogP contribution is -1.90. The Kier molecular flexibility index (Phi) is 14.3. The predicted molar refractivity (Wildman–Crippen MR) is 41.2 cm³/mol. The van der Waals surface area contributed by atoms with E-state index in [1.807, 2.05) is 13.8 Å². The van der Waals surface area contributed by atoms with Crippen LogP contribution in [0.25, 0.3) is 0 Å². The van der Waals surface area contributed by atoms with Crippen molar-refractivity contribution in [3.05, 3.63) is 0 Å². The molecule has 0 atom stereocenters. The summed E-state index contributed by atoms with van der Waals surface area (Å²) in [6.07, 6.45) is 0.222. The highest BCUT2D eigenvalue weighted by Crippen LogP contribution is 1.72. The number of carboxylic acids is 1. The number of aliphatic carboxylic acids is 1. The molecule has 0 saturated heterocycles. The van der Waals surface area contributed by atoms with Crippen molar-refractivity contribution in [1.82, 2.24) is 0 Å². The second kappa shape index (κ2) is 12.1. The molecule has 0 aliphatic rings. The minimum absolute atomic E-state index is 0.222. The van der Waals surface area contributed by atoms with Gasteiger partial charge in [0.25, 0.3) is 0 Å². The second-order valence-electron chi connectivity index (χ2n) is 1.56. The van der Waals surface area contributed by atoms with Crippen molar-refractivity contribution in [3.63, 3.8) is 0 Å². The van der Waals surface area contributed by atoms with Gasteiger partial charge in [0.05, 0.1) is 13.2 Å². The molecule has 0 radical (unpaired) electrons. The Hall–Kier alpha value is -0.610. The van der Waals surface area contributed by atoms with Crippen molar-refractivity contribution in [1.29, 1.82) is 0 Å². The van der Waals surface area contributed by atoms with E-state index in [0.717, 1.165) is 0 Å². The van der Waals surface area contributed by atoms with Crippen molar-refractivity contribution in [2.24, 2.45) is 0 Å². The summed E-state index contributed by atoms with van der Waals surface area (Å²) in [5.41, 5.74) is 0. The zero-order valence-corrected chi connectivity index (χ0v) is 7.29. The van der Waals surface area contributed by atoms with Crippen LogP contribution >= 0.6 is 0 Å². The number of carbonyl (C=O) groups is 1. The Morgan fingerprint density at radius 3 is 1.55 bits per heavy atom. The van der Waals surface area contributed by atoms with Gasteiger partial charge in [-0.25, -0.2) is 9.78 Å². The fourth-order valence-corrected chi connectivity index (χ4v) is 0.167. The molecular formula is C7H16O4. The first-order valence-corrected chi connectivity index (χ1v) is 3.65. The van der Waals surface area contributed by atoms with Crippen LogP contribution in [0.15, 0.2) is 0 Å². The highest BCUT2D eigenvalue weighted by atomic mass is 17.2. The Morgan fingerprint density at radius 2 is 1.45 bits per heavy atom. The van der Waals surface area contributed by atoms with Crippen LogP contribution in [0.3, 0.4) is 0 Å². The zero-order chi connectivity index (χ0) is 9.11. The molecule has 4 nitrogen and oxygen atoms in total. The fourth-order valence-electron chi connectivity index (χ4n) is 0.167. The molecule has 0 unspecified atom stereocenters. The van der Waals surface area contributed by atoms with E-state index in [9.17, 15) is 4.79 Å². The van der Waals surface area contributed by atoms with Gasteiger partial charge in [-0.05, 0) is 13.8 Å². The quantitative estimate of drug-likeness (QED) is 0.388. The first-order chi connectivity index (χ1) is 5.18. The molecule has 68 valence electrons. The molecule has 0 aromatic heterocycles. The topological polar surface area (TPSA) is 55.8 Å². The minimum atomic E-state index is -0.745. The van der Waals surface area contributed by atoms with Crippen molar-refractivity contribution < 1.29 is 19.7 Å². The van der Waals surface area contributed by atoms with E-state index in [4.69, 9.17) is 5.11 Å². The fraction of sp³-hybridized carbons (Fsp3) is 0.857. The average Bonchev–Trinajstić information content (AvgIpc) is 2.02.